The predicted molar refractivity (Wildman–Crippen MR) is 72.7 cm³/mol. The molecule has 1 heterocycles. The smallest absolute Gasteiger partial charge is 0.128 e. The molecule has 88 valence electrons. The van der Waals surface area contributed by atoms with Crippen LogP contribution in [0.3, 0.4) is 0 Å². The highest BCUT2D eigenvalue weighted by Crippen LogP contribution is 2.24. The van der Waals surface area contributed by atoms with E-state index in [0.717, 1.165) is 11.3 Å². The molecule has 0 saturated carbocycles. The molecule has 0 amide bonds. The van der Waals surface area contributed by atoms with E-state index in [1.54, 1.807) is 18.0 Å². The minimum absolute atomic E-state index is 0.0890. The number of aromatic nitrogens is 1. The Kier molecular flexibility index (Phi) is 4.01. The summed E-state index contributed by atoms with van der Waals surface area (Å²) in [6, 6.07) is 13.9. The first-order valence-electron chi connectivity index (χ1n) is 5.41. The highest BCUT2D eigenvalue weighted by atomic mass is 32.2. The molecule has 2 aromatic rings. The van der Waals surface area contributed by atoms with Crippen LogP contribution in [0.2, 0.25) is 0 Å². The molecule has 4 heteroatoms. The van der Waals surface area contributed by atoms with E-state index in [1.165, 1.54) is 4.90 Å². The second-order valence-corrected chi connectivity index (χ2v) is 4.80. The lowest BCUT2D eigenvalue weighted by atomic mass is 10.1. The summed E-state index contributed by atoms with van der Waals surface area (Å²) in [5.41, 5.74) is 12.8. The maximum Gasteiger partial charge on any atom is 0.128 e. The van der Waals surface area contributed by atoms with Gasteiger partial charge < -0.3 is 11.5 Å². The van der Waals surface area contributed by atoms with Crippen molar-refractivity contribution in [3.05, 3.63) is 54.2 Å². The number of pyridine rings is 1. The number of hydrogen-bond donors (Lipinski definition) is 2. The molecule has 2 rings (SSSR count). The van der Waals surface area contributed by atoms with Crippen LogP contribution in [0, 0.1) is 0 Å². The number of nitrogens with two attached hydrogens (primary N) is 2. The topological polar surface area (TPSA) is 64.9 Å². The molecule has 0 saturated heterocycles. The Morgan fingerprint density at radius 2 is 1.88 bits per heavy atom. The first-order chi connectivity index (χ1) is 8.27. The Bertz CT molecular complexity index is 473. The van der Waals surface area contributed by atoms with Crippen molar-refractivity contribution < 1.29 is 0 Å². The van der Waals surface area contributed by atoms with Crippen molar-refractivity contribution >= 4 is 17.6 Å². The van der Waals surface area contributed by atoms with Crippen LogP contribution in [0.4, 0.5) is 5.82 Å². The second kappa shape index (κ2) is 5.70. The molecule has 0 spiro atoms. The van der Waals surface area contributed by atoms with Crippen molar-refractivity contribution in [2.24, 2.45) is 5.73 Å². The second-order valence-electron chi connectivity index (χ2n) is 3.71. The van der Waals surface area contributed by atoms with Crippen molar-refractivity contribution in [1.82, 2.24) is 4.98 Å². The van der Waals surface area contributed by atoms with Crippen molar-refractivity contribution in [2.75, 3.05) is 11.5 Å². The number of nitrogen functional groups attached to an aromatic ring is 1. The van der Waals surface area contributed by atoms with Gasteiger partial charge in [0.2, 0.25) is 0 Å². The molecule has 0 aliphatic carbocycles. The van der Waals surface area contributed by atoms with Gasteiger partial charge in [0.25, 0.3) is 0 Å². The molecular weight excluding hydrogens is 230 g/mol. The summed E-state index contributed by atoms with van der Waals surface area (Å²) in [5.74, 6) is 1.31. The standard InChI is InChI=1S/C13H15N3S/c14-12(11-7-4-8-16-13(11)15)9-17-10-5-2-1-3-6-10/h1-8,12H,9,14H2,(H2,15,16). The summed E-state index contributed by atoms with van der Waals surface area (Å²) in [7, 11) is 0. The largest absolute Gasteiger partial charge is 0.383 e. The van der Waals surface area contributed by atoms with Gasteiger partial charge in [-0.3, -0.25) is 0 Å². The van der Waals surface area contributed by atoms with Crippen LogP contribution < -0.4 is 11.5 Å². The minimum atomic E-state index is -0.0890. The SMILES string of the molecule is Nc1ncccc1C(N)CSc1ccccc1. The normalized spacial score (nSPS) is 12.3. The molecule has 17 heavy (non-hydrogen) atoms. The van der Waals surface area contributed by atoms with Gasteiger partial charge in [0.05, 0.1) is 0 Å². The Hall–Kier alpha value is -1.52. The fraction of sp³-hybridized carbons (Fsp3) is 0.154. The van der Waals surface area contributed by atoms with Crippen LogP contribution in [-0.2, 0) is 0 Å². The summed E-state index contributed by atoms with van der Waals surface area (Å²) >= 11 is 1.72. The van der Waals surface area contributed by atoms with Crippen LogP contribution in [-0.4, -0.2) is 10.7 Å². The van der Waals surface area contributed by atoms with Gasteiger partial charge in [-0.05, 0) is 18.2 Å². The Morgan fingerprint density at radius 1 is 1.12 bits per heavy atom. The lowest BCUT2D eigenvalue weighted by Gasteiger charge is -2.13. The highest BCUT2D eigenvalue weighted by Gasteiger charge is 2.10. The van der Waals surface area contributed by atoms with Crippen molar-refractivity contribution in [1.29, 1.82) is 0 Å². The summed E-state index contributed by atoms with van der Waals surface area (Å²) in [5, 5.41) is 0. The molecule has 3 nitrogen and oxygen atoms in total. The molecule has 0 bridgehead atoms. The van der Waals surface area contributed by atoms with Crippen LogP contribution in [0.1, 0.15) is 11.6 Å². The number of anilines is 1. The molecule has 4 N–H and O–H groups in total. The van der Waals surface area contributed by atoms with E-state index in [-0.39, 0.29) is 6.04 Å². The number of nitrogens with zero attached hydrogens (tertiary/aromatic N) is 1. The van der Waals surface area contributed by atoms with Crippen molar-refractivity contribution in [2.45, 2.75) is 10.9 Å². The number of rotatable bonds is 4. The molecule has 0 aliphatic rings. The third-order valence-electron chi connectivity index (χ3n) is 2.44. The van der Waals surface area contributed by atoms with Crippen LogP contribution in [0.15, 0.2) is 53.6 Å². The first-order valence-corrected chi connectivity index (χ1v) is 6.40. The Morgan fingerprint density at radius 3 is 2.59 bits per heavy atom. The zero-order valence-corrected chi connectivity index (χ0v) is 10.2. The van der Waals surface area contributed by atoms with E-state index in [1.807, 2.05) is 30.3 Å². The highest BCUT2D eigenvalue weighted by molar-refractivity contribution is 7.99. The third kappa shape index (κ3) is 3.22. The summed E-state index contributed by atoms with van der Waals surface area (Å²) in [6.45, 7) is 0. The molecule has 1 atom stereocenters. The van der Waals surface area contributed by atoms with E-state index in [4.69, 9.17) is 11.5 Å². The fourth-order valence-corrected chi connectivity index (χ4v) is 2.44. The van der Waals surface area contributed by atoms with Gasteiger partial charge in [0.1, 0.15) is 5.82 Å². The van der Waals surface area contributed by atoms with Gasteiger partial charge >= 0.3 is 0 Å². The molecule has 0 fully saturated rings. The number of hydrogen-bond acceptors (Lipinski definition) is 4. The van der Waals surface area contributed by atoms with E-state index >= 15 is 0 Å². The number of thioether (sulfide) groups is 1. The van der Waals surface area contributed by atoms with Gasteiger partial charge in [-0.1, -0.05) is 24.3 Å². The molecule has 1 aromatic carbocycles. The quantitative estimate of drug-likeness (QED) is 0.812. The van der Waals surface area contributed by atoms with Gasteiger partial charge in [0, 0.05) is 28.5 Å². The first kappa shape index (κ1) is 12.0. The van der Waals surface area contributed by atoms with Crippen LogP contribution in [0.5, 0.6) is 0 Å². The van der Waals surface area contributed by atoms with E-state index in [0.29, 0.717) is 5.82 Å². The Balaban J connectivity index is 1.99. The molecule has 0 aliphatic heterocycles. The average Bonchev–Trinajstić information content (AvgIpc) is 2.38. The summed E-state index contributed by atoms with van der Waals surface area (Å²) < 4.78 is 0. The van der Waals surface area contributed by atoms with Crippen molar-refractivity contribution in [3.8, 4) is 0 Å². The molecule has 0 radical (unpaired) electrons. The van der Waals surface area contributed by atoms with Crippen LogP contribution >= 0.6 is 11.8 Å². The molecule has 1 unspecified atom stereocenters. The Labute approximate surface area is 105 Å². The summed E-state index contributed by atoms with van der Waals surface area (Å²) in [6.07, 6.45) is 1.68. The van der Waals surface area contributed by atoms with Gasteiger partial charge in [-0.15, -0.1) is 11.8 Å². The maximum atomic E-state index is 6.10. The zero-order chi connectivity index (χ0) is 12.1. The third-order valence-corrected chi connectivity index (χ3v) is 3.57. The molecule has 1 aromatic heterocycles. The summed E-state index contributed by atoms with van der Waals surface area (Å²) in [4.78, 5) is 5.26. The fourth-order valence-electron chi connectivity index (χ4n) is 1.54. The monoisotopic (exact) mass is 245 g/mol. The lowest BCUT2D eigenvalue weighted by Crippen LogP contribution is -2.15. The lowest BCUT2D eigenvalue weighted by molar-refractivity contribution is 0.828. The van der Waals surface area contributed by atoms with E-state index in [2.05, 4.69) is 17.1 Å². The predicted octanol–water partition coefficient (Wildman–Crippen LogP) is 2.46. The molecular formula is C13H15N3S. The minimum Gasteiger partial charge on any atom is -0.383 e. The van der Waals surface area contributed by atoms with E-state index in [9.17, 15) is 0 Å². The maximum absolute atomic E-state index is 6.10. The van der Waals surface area contributed by atoms with E-state index < -0.39 is 0 Å². The van der Waals surface area contributed by atoms with Gasteiger partial charge in [-0.2, -0.15) is 0 Å². The van der Waals surface area contributed by atoms with Gasteiger partial charge in [0.15, 0.2) is 0 Å². The van der Waals surface area contributed by atoms with Crippen molar-refractivity contribution in [3.63, 3.8) is 0 Å². The zero-order valence-electron chi connectivity index (χ0n) is 9.41. The van der Waals surface area contributed by atoms with Crippen LogP contribution in [0.25, 0.3) is 0 Å². The van der Waals surface area contributed by atoms with Gasteiger partial charge in [-0.25, -0.2) is 4.98 Å². The average molecular weight is 245 g/mol. The number of benzene rings is 1.